The summed E-state index contributed by atoms with van der Waals surface area (Å²) in [5, 5.41) is 12.0. The van der Waals surface area contributed by atoms with Crippen molar-refractivity contribution >= 4 is 51.9 Å². The third-order valence-corrected chi connectivity index (χ3v) is 5.87. The SMILES string of the molecule is CCc1ccc(/C=C2\SC(=S)N(CCCC(=O)Nc3ccc(O)cc3)C2=O)cc1. The zero-order valence-corrected chi connectivity index (χ0v) is 17.7. The van der Waals surface area contributed by atoms with Crippen LogP contribution in [0.2, 0.25) is 0 Å². The number of thiocarbonyl (C=S) groups is 1. The molecule has 0 unspecified atom stereocenters. The Morgan fingerprint density at radius 1 is 1.17 bits per heavy atom. The highest BCUT2D eigenvalue weighted by molar-refractivity contribution is 8.26. The van der Waals surface area contributed by atoms with Crippen LogP contribution in [0.5, 0.6) is 5.75 Å². The topological polar surface area (TPSA) is 69.6 Å². The Hall–Kier alpha value is -2.64. The maximum absolute atomic E-state index is 12.7. The Kier molecular flexibility index (Phi) is 7.06. The van der Waals surface area contributed by atoms with Crippen LogP contribution in [-0.2, 0) is 16.0 Å². The standard InChI is InChI=1S/C22H22N2O3S2/c1-2-15-5-7-16(8-6-15)14-19-21(27)24(22(28)29-19)13-3-4-20(26)23-17-9-11-18(25)12-10-17/h5-12,14,25H,2-4,13H2,1H3,(H,23,26)/b19-14-. The van der Waals surface area contributed by atoms with Crippen LogP contribution in [-0.4, -0.2) is 32.7 Å². The Labute approximate surface area is 179 Å². The number of carbonyl (C=O) groups excluding carboxylic acids is 2. The molecule has 29 heavy (non-hydrogen) atoms. The molecule has 2 amide bonds. The molecular weight excluding hydrogens is 404 g/mol. The van der Waals surface area contributed by atoms with Gasteiger partial charge in [-0.15, -0.1) is 0 Å². The number of hydrogen-bond donors (Lipinski definition) is 2. The smallest absolute Gasteiger partial charge is 0.266 e. The van der Waals surface area contributed by atoms with Gasteiger partial charge >= 0.3 is 0 Å². The first-order valence-corrected chi connectivity index (χ1v) is 10.6. The van der Waals surface area contributed by atoms with Crippen LogP contribution in [0, 0.1) is 0 Å². The van der Waals surface area contributed by atoms with Crippen molar-refractivity contribution in [3.8, 4) is 5.75 Å². The summed E-state index contributed by atoms with van der Waals surface area (Å²) in [7, 11) is 0. The minimum Gasteiger partial charge on any atom is -0.508 e. The average molecular weight is 427 g/mol. The van der Waals surface area contributed by atoms with Crippen molar-refractivity contribution < 1.29 is 14.7 Å². The predicted octanol–water partition coefficient (Wildman–Crippen LogP) is 4.57. The average Bonchev–Trinajstić information content (AvgIpc) is 2.97. The number of aromatic hydroxyl groups is 1. The minimum absolute atomic E-state index is 0.112. The molecule has 1 heterocycles. The van der Waals surface area contributed by atoms with Crippen molar-refractivity contribution in [2.45, 2.75) is 26.2 Å². The van der Waals surface area contributed by atoms with E-state index in [1.165, 1.54) is 29.5 Å². The number of carbonyl (C=O) groups is 2. The lowest BCUT2D eigenvalue weighted by Crippen LogP contribution is -2.29. The van der Waals surface area contributed by atoms with Gasteiger partial charge in [-0.1, -0.05) is 55.2 Å². The lowest BCUT2D eigenvalue weighted by Gasteiger charge is -2.14. The van der Waals surface area contributed by atoms with Crippen LogP contribution in [0.4, 0.5) is 5.69 Å². The van der Waals surface area contributed by atoms with E-state index in [0.717, 1.165) is 12.0 Å². The maximum Gasteiger partial charge on any atom is 0.266 e. The molecule has 2 aromatic carbocycles. The van der Waals surface area contributed by atoms with Gasteiger partial charge in [0.25, 0.3) is 5.91 Å². The lowest BCUT2D eigenvalue weighted by molar-refractivity contribution is -0.122. The number of anilines is 1. The van der Waals surface area contributed by atoms with E-state index in [0.29, 0.717) is 27.9 Å². The molecule has 3 rings (SSSR count). The monoisotopic (exact) mass is 426 g/mol. The first-order valence-electron chi connectivity index (χ1n) is 9.39. The summed E-state index contributed by atoms with van der Waals surface area (Å²) in [6.07, 6.45) is 3.61. The van der Waals surface area contributed by atoms with Gasteiger partial charge in [-0.3, -0.25) is 14.5 Å². The highest BCUT2D eigenvalue weighted by Crippen LogP contribution is 2.32. The fourth-order valence-corrected chi connectivity index (χ4v) is 4.17. The van der Waals surface area contributed by atoms with Gasteiger partial charge in [0.05, 0.1) is 4.91 Å². The van der Waals surface area contributed by atoms with Gasteiger partial charge in [-0.25, -0.2) is 0 Å². The van der Waals surface area contributed by atoms with Crippen LogP contribution >= 0.6 is 24.0 Å². The molecule has 1 aliphatic heterocycles. The summed E-state index contributed by atoms with van der Waals surface area (Å²) in [6.45, 7) is 2.50. The lowest BCUT2D eigenvalue weighted by atomic mass is 10.1. The predicted molar refractivity (Wildman–Crippen MR) is 122 cm³/mol. The molecule has 7 heteroatoms. The molecule has 0 atom stereocenters. The number of hydrogen-bond acceptors (Lipinski definition) is 5. The van der Waals surface area contributed by atoms with Crippen LogP contribution in [0.3, 0.4) is 0 Å². The number of phenolic OH excluding ortho intramolecular Hbond substituents is 1. The molecule has 0 aliphatic carbocycles. The van der Waals surface area contributed by atoms with Gasteiger partial charge in [0.2, 0.25) is 5.91 Å². The third-order valence-electron chi connectivity index (χ3n) is 4.50. The van der Waals surface area contributed by atoms with Crippen LogP contribution in [0.1, 0.15) is 30.9 Å². The first kappa shape index (κ1) is 21.1. The molecule has 0 bridgehead atoms. The molecule has 5 nitrogen and oxygen atoms in total. The largest absolute Gasteiger partial charge is 0.508 e. The summed E-state index contributed by atoms with van der Waals surface area (Å²) < 4.78 is 0.519. The van der Waals surface area contributed by atoms with Crippen molar-refractivity contribution in [2.75, 3.05) is 11.9 Å². The fourth-order valence-electron chi connectivity index (χ4n) is 2.86. The molecule has 0 aromatic heterocycles. The Morgan fingerprint density at radius 3 is 2.52 bits per heavy atom. The van der Waals surface area contributed by atoms with E-state index >= 15 is 0 Å². The van der Waals surface area contributed by atoms with Crippen molar-refractivity contribution in [2.24, 2.45) is 0 Å². The van der Waals surface area contributed by atoms with Gasteiger partial charge in [0.1, 0.15) is 10.1 Å². The van der Waals surface area contributed by atoms with Crippen LogP contribution in [0.25, 0.3) is 6.08 Å². The van der Waals surface area contributed by atoms with Gasteiger partial charge in [-0.05, 0) is 54.3 Å². The van der Waals surface area contributed by atoms with Crippen molar-refractivity contribution in [3.05, 3.63) is 64.6 Å². The molecule has 150 valence electrons. The normalized spacial score (nSPS) is 15.2. The summed E-state index contributed by atoms with van der Waals surface area (Å²) in [5.74, 6) is -0.113. The zero-order valence-electron chi connectivity index (χ0n) is 16.1. The number of nitrogens with one attached hydrogen (secondary N) is 1. The molecule has 1 fully saturated rings. The summed E-state index contributed by atoms with van der Waals surface area (Å²) >= 11 is 6.64. The minimum atomic E-state index is -0.146. The van der Waals surface area contributed by atoms with Gasteiger partial charge in [-0.2, -0.15) is 0 Å². The molecule has 0 spiro atoms. The maximum atomic E-state index is 12.7. The number of phenols is 1. The highest BCUT2D eigenvalue weighted by atomic mass is 32.2. The molecular formula is C22H22N2O3S2. The Balaban J connectivity index is 1.52. The molecule has 1 saturated heterocycles. The highest BCUT2D eigenvalue weighted by Gasteiger charge is 2.31. The van der Waals surface area contributed by atoms with E-state index < -0.39 is 0 Å². The number of thioether (sulfide) groups is 1. The zero-order chi connectivity index (χ0) is 20.8. The second kappa shape index (κ2) is 9.71. The number of aryl methyl sites for hydroxylation is 1. The molecule has 2 aromatic rings. The van der Waals surface area contributed by atoms with Gasteiger partial charge in [0.15, 0.2) is 0 Å². The number of rotatable bonds is 7. The number of benzene rings is 2. The van der Waals surface area contributed by atoms with E-state index in [9.17, 15) is 14.7 Å². The Bertz CT molecular complexity index is 938. The van der Waals surface area contributed by atoms with E-state index in [-0.39, 0.29) is 24.0 Å². The summed E-state index contributed by atoms with van der Waals surface area (Å²) in [6, 6.07) is 14.4. The first-order chi connectivity index (χ1) is 14.0. The van der Waals surface area contributed by atoms with Crippen LogP contribution in [0.15, 0.2) is 53.4 Å². The third kappa shape index (κ3) is 5.68. The quantitative estimate of drug-likeness (QED) is 0.385. The van der Waals surface area contributed by atoms with Crippen molar-refractivity contribution in [3.63, 3.8) is 0 Å². The number of nitrogens with zero attached hydrogens (tertiary/aromatic N) is 1. The number of amides is 2. The van der Waals surface area contributed by atoms with Crippen molar-refractivity contribution in [1.82, 2.24) is 4.90 Å². The van der Waals surface area contributed by atoms with E-state index in [1.54, 1.807) is 17.0 Å². The Morgan fingerprint density at radius 2 is 1.86 bits per heavy atom. The molecule has 2 N–H and O–H groups in total. The fraction of sp³-hybridized carbons (Fsp3) is 0.227. The van der Waals surface area contributed by atoms with E-state index in [4.69, 9.17) is 12.2 Å². The summed E-state index contributed by atoms with van der Waals surface area (Å²) in [5.41, 5.74) is 2.84. The second-order valence-electron chi connectivity index (χ2n) is 6.63. The van der Waals surface area contributed by atoms with E-state index in [2.05, 4.69) is 24.4 Å². The van der Waals surface area contributed by atoms with E-state index in [1.807, 2.05) is 18.2 Å². The second-order valence-corrected chi connectivity index (χ2v) is 8.30. The molecule has 1 aliphatic rings. The molecule has 0 radical (unpaired) electrons. The van der Waals surface area contributed by atoms with Gasteiger partial charge in [0, 0.05) is 18.7 Å². The summed E-state index contributed by atoms with van der Waals surface area (Å²) in [4.78, 5) is 26.9. The molecule has 0 saturated carbocycles. The van der Waals surface area contributed by atoms with Gasteiger partial charge < -0.3 is 10.4 Å². The van der Waals surface area contributed by atoms with Crippen molar-refractivity contribution in [1.29, 1.82) is 0 Å². The van der Waals surface area contributed by atoms with Crippen LogP contribution < -0.4 is 5.32 Å².